The zero-order chi connectivity index (χ0) is 14.0. The van der Waals surface area contributed by atoms with E-state index in [1.807, 2.05) is 13.8 Å². The number of aromatic amines is 1. The van der Waals surface area contributed by atoms with Gasteiger partial charge >= 0.3 is 0 Å². The minimum absolute atomic E-state index is 0.0778. The van der Waals surface area contributed by atoms with Crippen LogP contribution in [-0.2, 0) is 6.42 Å². The summed E-state index contributed by atoms with van der Waals surface area (Å²) >= 11 is 0. The van der Waals surface area contributed by atoms with Gasteiger partial charge in [0.1, 0.15) is 11.6 Å². The van der Waals surface area contributed by atoms with Gasteiger partial charge in [-0.05, 0) is 30.0 Å². The molecule has 0 saturated carbocycles. The van der Waals surface area contributed by atoms with Crippen molar-refractivity contribution in [2.24, 2.45) is 5.92 Å². The molecule has 19 heavy (non-hydrogen) atoms. The lowest BCUT2D eigenvalue weighted by Gasteiger charge is -2.09. The average Bonchev–Trinajstić information content (AvgIpc) is 2.29. The molecule has 0 atom stereocenters. The van der Waals surface area contributed by atoms with Gasteiger partial charge in [0.2, 0.25) is 0 Å². The van der Waals surface area contributed by atoms with E-state index in [1.54, 1.807) is 6.07 Å². The highest BCUT2D eigenvalue weighted by molar-refractivity contribution is 5.69. The molecule has 1 aromatic carbocycles. The second-order valence-corrected chi connectivity index (χ2v) is 4.99. The number of nitrogens with one attached hydrogen (secondary N) is 1. The Hall–Kier alpha value is -2.10. The first-order valence-corrected chi connectivity index (χ1v) is 6.18. The second kappa shape index (κ2) is 5.26. The van der Waals surface area contributed by atoms with Gasteiger partial charge < -0.3 is 10.1 Å². The number of benzene rings is 1. The van der Waals surface area contributed by atoms with Crippen LogP contribution in [0.5, 0.6) is 5.75 Å². The second-order valence-electron chi connectivity index (χ2n) is 4.99. The number of hydrogen-bond donors (Lipinski definition) is 2. The van der Waals surface area contributed by atoms with Crippen molar-refractivity contribution in [1.29, 1.82) is 0 Å². The Morgan fingerprint density at radius 3 is 2.42 bits per heavy atom. The van der Waals surface area contributed by atoms with Crippen LogP contribution in [0.2, 0.25) is 0 Å². The maximum Gasteiger partial charge on any atom is 0.259 e. The molecule has 0 aliphatic rings. The van der Waals surface area contributed by atoms with E-state index in [0.717, 1.165) is 0 Å². The van der Waals surface area contributed by atoms with Crippen molar-refractivity contribution in [3.05, 3.63) is 52.2 Å². The minimum Gasteiger partial charge on any atom is -0.507 e. The number of aromatic nitrogens is 1. The number of aromatic hydroxyl groups is 1. The Bertz CT molecular complexity index is 630. The number of halogens is 1. The molecule has 0 unspecified atom stereocenters. The van der Waals surface area contributed by atoms with Gasteiger partial charge in [0.05, 0.1) is 5.56 Å². The monoisotopic (exact) mass is 261 g/mol. The predicted octanol–water partition coefficient (Wildman–Crippen LogP) is 3.09. The molecule has 2 N–H and O–H groups in total. The molecule has 100 valence electrons. The van der Waals surface area contributed by atoms with Gasteiger partial charge in [-0.3, -0.25) is 4.79 Å². The van der Waals surface area contributed by atoms with Gasteiger partial charge in [0.25, 0.3) is 5.56 Å². The number of H-pyrrole nitrogens is 1. The topological polar surface area (TPSA) is 53.1 Å². The highest BCUT2D eigenvalue weighted by Crippen LogP contribution is 2.26. The van der Waals surface area contributed by atoms with Gasteiger partial charge in [0, 0.05) is 11.8 Å². The summed E-state index contributed by atoms with van der Waals surface area (Å²) in [5.74, 6) is -0.0752. The molecule has 0 saturated heterocycles. The van der Waals surface area contributed by atoms with Crippen molar-refractivity contribution >= 4 is 0 Å². The average molecular weight is 261 g/mol. The molecule has 1 heterocycles. The van der Waals surface area contributed by atoms with Gasteiger partial charge in [-0.1, -0.05) is 26.0 Å². The van der Waals surface area contributed by atoms with Crippen molar-refractivity contribution in [1.82, 2.24) is 4.98 Å². The molecule has 0 fully saturated rings. The fraction of sp³-hybridized carbons (Fsp3) is 0.267. The van der Waals surface area contributed by atoms with Crippen molar-refractivity contribution in [2.45, 2.75) is 20.3 Å². The van der Waals surface area contributed by atoms with E-state index in [0.29, 0.717) is 23.6 Å². The van der Waals surface area contributed by atoms with Crippen molar-refractivity contribution in [2.75, 3.05) is 0 Å². The van der Waals surface area contributed by atoms with E-state index in [2.05, 4.69) is 4.98 Å². The quantitative estimate of drug-likeness (QED) is 0.892. The number of rotatable bonds is 3. The third-order valence-corrected chi connectivity index (χ3v) is 2.83. The lowest BCUT2D eigenvalue weighted by Crippen LogP contribution is -2.13. The summed E-state index contributed by atoms with van der Waals surface area (Å²) < 4.78 is 12.9. The third kappa shape index (κ3) is 3.02. The maximum atomic E-state index is 12.9. The molecule has 0 radical (unpaired) electrons. The first-order chi connectivity index (χ1) is 8.97. The summed E-state index contributed by atoms with van der Waals surface area (Å²) in [6.07, 6.45) is 0.687. The van der Waals surface area contributed by atoms with Gasteiger partial charge in [-0.25, -0.2) is 4.39 Å². The molecule has 0 aliphatic heterocycles. The normalized spacial score (nSPS) is 10.9. The van der Waals surface area contributed by atoms with Crippen molar-refractivity contribution < 1.29 is 9.50 Å². The van der Waals surface area contributed by atoms with E-state index in [-0.39, 0.29) is 22.7 Å². The number of pyridine rings is 1. The van der Waals surface area contributed by atoms with Crippen LogP contribution in [0.25, 0.3) is 11.1 Å². The standard InChI is InChI=1S/C15H16FNO2/c1-9(2)7-12-8-13(18)14(15(19)17-12)10-3-5-11(16)6-4-10/h3-6,8-9H,7H2,1-2H3,(H2,17,18,19). The highest BCUT2D eigenvalue weighted by atomic mass is 19.1. The largest absolute Gasteiger partial charge is 0.507 e. The van der Waals surface area contributed by atoms with Gasteiger partial charge in [-0.15, -0.1) is 0 Å². The minimum atomic E-state index is -0.379. The van der Waals surface area contributed by atoms with E-state index >= 15 is 0 Å². The fourth-order valence-corrected chi connectivity index (χ4v) is 2.04. The summed E-state index contributed by atoms with van der Waals surface area (Å²) in [5, 5.41) is 9.99. The summed E-state index contributed by atoms with van der Waals surface area (Å²) in [7, 11) is 0. The summed E-state index contributed by atoms with van der Waals surface area (Å²) in [5.41, 5.74) is 1.01. The van der Waals surface area contributed by atoms with Crippen LogP contribution in [0.3, 0.4) is 0 Å². The van der Waals surface area contributed by atoms with E-state index in [4.69, 9.17) is 0 Å². The van der Waals surface area contributed by atoms with E-state index in [9.17, 15) is 14.3 Å². The lowest BCUT2D eigenvalue weighted by atomic mass is 10.0. The molecular weight excluding hydrogens is 245 g/mol. The first kappa shape index (κ1) is 13.3. The molecule has 1 aromatic heterocycles. The Kier molecular flexibility index (Phi) is 3.69. The predicted molar refractivity (Wildman–Crippen MR) is 72.7 cm³/mol. The Labute approximate surface area is 110 Å². The van der Waals surface area contributed by atoms with Crippen LogP contribution < -0.4 is 5.56 Å². The van der Waals surface area contributed by atoms with Gasteiger partial charge in [-0.2, -0.15) is 0 Å². The number of hydrogen-bond acceptors (Lipinski definition) is 2. The molecule has 2 rings (SSSR count). The van der Waals surface area contributed by atoms with Crippen LogP contribution in [0, 0.1) is 11.7 Å². The summed E-state index contributed by atoms with van der Waals surface area (Å²) in [6, 6.07) is 7.02. The molecule has 4 heteroatoms. The third-order valence-electron chi connectivity index (χ3n) is 2.83. The van der Waals surface area contributed by atoms with Crippen molar-refractivity contribution in [3.63, 3.8) is 0 Å². The maximum absolute atomic E-state index is 12.9. The zero-order valence-electron chi connectivity index (χ0n) is 10.9. The Balaban J connectivity index is 2.48. The first-order valence-electron chi connectivity index (χ1n) is 6.18. The van der Waals surface area contributed by atoms with Crippen LogP contribution in [0.4, 0.5) is 4.39 Å². The Morgan fingerprint density at radius 2 is 1.89 bits per heavy atom. The molecule has 0 bridgehead atoms. The highest BCUT2D eigenvalue weighted by Gasteiger charge is 2.12. The van der Waals surface area contributed by atoms with Crippen molar-refractivity contribution in [3.8, 4) is 16.9 Å². The lowest BCUT2D eigenvalue weighted by molar-refractivity contribution is 0.473. The molecule has 0 amide bonds. The SMILES string of the molecule is CC(C)Cc1cc(O)c(-c2ccc(F)cc2)c(=O)[nH]1. The summed E-state index contributed by atoms with van der Waals surface area (Å²) in [6.45, 7) is 4.06. The van der Waals surface area contributed by atoms with Crippen LogP contribution >= 0.6 is 0 Å². The molecule has 0 spiro atoms. The van der Waals surface area contributed by atoms with Crippen LogP contribution in [0.15, 0.2) is 35.1 Å². The molecule has 0 aliphatic carbocycles. The molecular formula is C15H16FNO2. The summed E-state index contributed by atoms with van der Waals surface area (Å²) in [4.78, 5) is 14.8. The van der Waals surface area contributed by atoms with Crippen LogP contribution in [0.1, 0.15) is 19.5 Å². The zero-order valence-corrected chi connectivity index (χ0v) is 10.9. The smallest absolute Gasteiger partial charge is 0.259 e. The fourth-order valence-electron chi connectivity index (χ4n) is 2.04. The molecule has 2 aromatic rings. The van der Waals surface area contributed by atoms with E-state index in [1.165, 1.54) is 24.3 Å². The molecule has 3 nitrogen and oxygen atoms in total. The van der Waals surface area contributed by atoms with E-state index < -0.39 is 0 Å². The van der Waals surface area contributed by atoms with Gasteiger partial charge in [0.15, 0.2) is 0 Å². The Morgan fingerprint density at radius 1 is 1.26 bits per heavy atom. The van der Waals surface area contributed by atoms with Crippen LogP contribution in [-0.4, -0.2) is 10.1 Å².